The molecule has 1 rings (SSSR count). The summed E-state index contributed by atoms with van der Waals surface area (Å²) in [5.41, 5.74) is 3.50. The number of carboxylic acids is 1. The second kappa shape index (κ2) is 4.73. The summed E-state index contributed by atoms with van der Waals surface area (Å²) in [6.07, 6.45) is 0. The normalized spacial score (nSPS) is 14.2. The van der Waals surface area contributed by atoms with Crippen LogP contribution in [0.5, 0.6) is 5.75 Å². The molecule has 0 radical (unpaired) electrons. The van der Waals surface area contributed by atoms with E-state index in [1.54, 1.807) is 6.07 Å². The van der Waals surface area contributed by atoms with Gasteiger partial charge in [0.25, 0.3) is 0 Å². The molecule has 5 nitrogen and oxygen atoms in total. The van der Waals surface area contributed by atoms with Crippen LogP contribution >= 0.6 is 0 Å². The maximum Gasteiger partial charge on any atom is 0.329 e. The van der Waals surface area contributed by atoms with Gasteiger partial charge in [-0.05, 0) is 44.0 Å². The van der Waals surface area contributed by atoms with Crippen molar-refractivity contribution in [3.05, 3.63) is 28.8 Å². The largest absolute Gasteiger partial charge is 0.496 e. The van der Waals surface area contributed by atoms with E-state index in [1.165, 1.54) is 14.0 Å². The molecule has 0 aromatic heterocycles. The van der Waals surface area contributed by atoms with Crippen molar-refractivity contribution >= 4 is 5.97 Å². The molecule has 5 heteroatoms. The Balaban J connectivity index is 3.48. The van der Waals surface area contributed by atoms with Gasteiger partial charge in [0.15, 0.2) is 5.54 Å². The molecule has 0 spiro atoms. The Morgan fingerprint density at radius 1 is 1.41 bits per heavy atom. The molecule has 0 aliphatic carbocycles. The number of aryl methyl sites for hydroxylation is 2. The highest BCUT2D eigenvalue weighted by Crippen LogP contribution is 2.32. The lowest BCUT2D eigenvalue weighted by Crippen LogP contribution is -2.50. The number of hydrogen-bond donors (Lipinski definition) is 3. The van der Waals surface area contributed by atoms with Gasteiger partial charge in [0, 0.05) is 5.56 Å². The maximum atomic E-state index is 11.3. The van der Waals surface area contributed by atoms with Gasteiger partial charge in [0.05, 0.1) is 7.11 Å². The van der Waals surface area contributed by atoms with Crippen molar-refractivity contribution in [2.45, 2.75) is 26.3 Å². The lowest BCUT2D eigenvalue weighted by molar-refractivity contribution is -0.144. The van der Waals surface area contributed by atoms with E-state index in [9.17, 15) is 9.90 Å². The first-order valence-electron chi connectivity index (χ1n) is 5.23. The summed E-state index contributed by atoms with van der Waals surface area (Å²) in [7, 11) is 1.51. The van der Waals surface area contributed by atoms with Crippen LogP contribution in [0.4, 0.5) is 0 Å². The quantitative estimate of drug-likeness (QED) is 0.540. The molecule has 0 heterocycles. The van der Waals surface area contributed by atoms with E-state index in [1.807, 2.05) is 19.9 Å². The molecule has 4 N–H and O–H groups in total. The minimum Gasteiger partial charge on any atom is -0.496 e. The summed E-state index contributed by atoms with van der Waals surface area (Å²) >= 11 is 0. The van der Waals surface area contributed by atoms with Gasteiger partial charge in [-0.2, -0.15) is 0 Å². The summed E-state index contributed by atoms with van der Waals surface area (Å²) in [5, 5.41) is 9.27. The van der Waals surface area contributed by atoms with Gasteiger partial charge in [-0.15, -0.1) is 0 Å². The Morgan fingerprint density at radius 2 is 1.94 bits per heavy atom. The van der Waals surface area contributed by atoms with Crippen LogP contribution < -0.4 is 16.0 Å². The van der Waals surface area contributed by atoms with Crippen molar-refractivity contribution < 1.29 is 14.6 Å². The number of benzene rings is 1. The summed E-state index contributed by atoms with van der Waals surface area (Å²) in [6.45, 7) is 5.36. The monoisotopic (exact) mass is 238 g/mol. The highest BCUT2D eigenvalue weighted by atomic mass is 16.5. The van der Waals surface area contributed by atoms with Crippen LogP contribution in [-0.4, -0.2) is 18.2 Å². The molecule has 0 saturated carbocycles. The van der Waals surface area contributed by atoms with Crippen molar-refractivity contribution in [2.24, 2.45) is 5.84 Å². The molecule has 1 aromatic carbocycles. The fraction of sp³-hybridized carbons (Fsp3) is 0.417. The van der Waals surface area contributed by atoms with Gasteiger partial charge < -0.3 is 9.84 Å². The maximum absolute atomic E-state index is 11.3. The van der Waals surface area contributed by atoms with E-state index in [2.05, 4.69) is 5.43 Å². The number of rotatable bonds is 4. The highest BCUT2D eigenvalue weighted by molar-refractivity contribution is 5.81. The van der Waals surface area contributed by atoms with Gasteiger partial charge in [0.2, 0.25) is 0 Å². The number of hydrazine groups is 1. The minimum atomic E-state index is -1.37. The van der Waals surface area contributed by atoms with Gasteiger partial charge in [0.1, 0.15) is 5.75 Å². The van der Waals surface area contributed by atoms with E-state index in [-0.39, 0.29) is 0 Å². The van der Waals surface area contributed by atoms with Crippen molar-refractivity contribution in [2.75, 3.05) is 7.11 Å². The molecule has 0 saturated heterocycles. The number of aliphatic carboxylic acids is 1. The second-order valence-electron chi connectivity index (χ2n) is 4.21. The summed E-state index contributed by atoms with van der Waals surface area (Å²) in [6, 6.07) is 3.59. The lowest BCUT2D eigenvalue weighted by Gasteiger charge is -2.27. The van der Waals surface area contributed by atoms with Gasteiger partial charge in [-0.1, -0.05) is 0 Å². The Kier molecular flexibility index (Phi) is 3.75. The SMILES string of the molecule is COc1cc(C)c(C)cc1C(C)(NN)C(=O)O. The number of carboxylic acid groups (broad SMARTS) is 1. The zero-order valence-electron chi connectivity index (χ0n) is 10.5. The zero-order valence-corrected chi connectivity index (χ0v) is 10.5. The summed E-state index contributed by atoms with van der Waals surface area (Å²) < 4.78 is 5.22. The molecule has 0 aliphatic rings. The Labute approximate surface area is 101 Å². The minimum absolute atomic E-state index is 0.510. The van der Waals surface area contributed by atoms with E-state index in [4.69, 9.17) is 10.6 Å². The van der Waals surface area contributed by atoms with E-state index in [0.29, 0.717) is 11.3 Å². The molecule has 1 aromatic rings. The molecule has 17 heavy (non-hydrogen) atoms. The third-order valence-electron chi connectivity index (χ3n) is 3.07. The van der Waals surface area contributed by atoms with E-state index < -0.39 is 11.5 Å². The topological polar surface area (TPSA) is 84.6 Å². The smallest absolute Gasteiger partial charge is 0.329 e. The second-order valence-corrected chi connectivity index (χ2v) is 4.21. The fourth-order valence-electron chi connectivity index (χ4n) is 1.60. The average Bonchev–Trinajstić information content (AvgIpc) is 2.30. The fourth-order valence-corrected chi connectivity index (χ4v) is 1.60. The van der Waals surface area contributed by atoms with Crippen LogP contribution in [0.2, 0.25) is 0 Å². The third kappa shape index (κ3) is 2.25. The molecule has 0 aliphatic heterocycles. The van der Waals surface area contributed by atoms with Crippen molar-refractivity contribution in [3.8, 4) is 5.75 Å². The molecule has 1 unspecified atom stereocenters. The summed E-state index contributed by atoms with van der Waals surface area (Å²) in [5.74, 6) is 4.82. The molecule has 0 amide bonds. The van der Waals surface area contributed by atoms with Crippen molar-refractivity contribution in [1.82, 2.24) is 5.43 Å². The molecular weight excluding hydrogens is 220 g/mol. The van der Waals surface area contributed by atoms with Crippen LogP contribution in [0.15, 0.2) is 12.1 Å². The predicted octanol–water partition coefficient (Wildman–Crippen LogP) is 1.08. The predicted molar refractivity (Wildman–Crippen MR) is 64.8 cm³/mol. The van der Waals surface area contributed by atoms with Crippen LogP contribution in [0.1, 0.15) is 23.6 Å². The van der Waals surface area contributed by atoms with Crippen LogP contribution in [-0.2, 0) is 10.3 Å². The van der Waals surface area contributed by atoms with Crippen molar-refractivity contribution in [3.63, 3.8) is 0 Å². The first kappa shape index (κ1) is 13.5. The number of hydrogen-bond acceptors (Lipinski definition) is 4. The molecule has 94 valence electrons. The van der Waals surface area contributed by atoms with E-state index in [0.717, 1.165) is 11.1 Å². The van der Waals surface area contributed by atoms with Crippen LogP contribution in [0, 0.1) is 13.8 Å². The summed E-state index contributed by atoms with van der Waals surface area (Å²) in [4.78, 5) is 11.3. The first-order chi connectivity index (χ1) is 7.86. The highest BCUT2D eigenvalue weighted by Gasteiger charge is 2.37. The number of nitrogens with one attached hydrogen (secondary N) is 1. The standard InChI is InChI=1S/C12H18N2O3/c1-7-5-9(10(17-4)6-8(7)2)12(3,14-13)11(15)16/h5-6,14H,13H2,1-4H3,(H,15,16). The molecule has 0 fully saturated rings. The molecule has 0 bridgehead atoms. The Hall–Kier alpha value is -1.59. The molecule has 1 atom stereocenters. The average molecular weight is 238 g/mol. The molecular formula is C12H18N2O3. The van der Waals surface area contributed by atoms with Gasteiger partial charge >= 0.3 is 5.97 Å². The van der Waals surface area contributed by atoms with Gasteiger partial charge in [-0.3, -0.25) is 5.84 Å². The Bertz CT molecular complexity index is 446. The van der Waals surface area contributed by atoms with E-state index >= 15 is 0 Å². The van der Waals surface area contributed by atoms with Gasteiger partial charge in [-0.25, -0.2) is 10.2 Å². The number of carbonyl (C=O) groups is 1. The van der Waals surface area contributed by atoms with Crippen molar-refractivity contribution in [1.29, 1.82) is 0 Å². The number of ether oxygens (including phenoxy) is 1. The first-order valence-corrected chi connectivity index (χ1v) is 5.23. The third-order valence-corrected chi connectivity index (χ3v) is 3.07. The van der Waals surface area contributed by atoms with Crippen LogP contribution in [0.25, 0.3) is 0 Å². The Morgan fingerprint density at radius 3 is 2.35 bits per heavy atom. The zero-order chi connectivity index (χ0) is 13.2. The number of nitrogens with two attached hydrogens (primary N) is 1. The number of methoxy groups -OCH3 is 1. The lowest BCUT2D eigenvalue weighted by atomic mass is 9.89. The van der Waals surface area contributed by atoms with Crippen LogP contribution in [0.3, 0.4) is 0 Å².